The first-order chi connectivity index (χ1) is 30.1. The minimum Gasteiger partial charge on any atom is -0.265 e. The lowest BCUT2D eigenvalue weighted by Gasteiger charge is -2.01. The van der Waals surface area contributed by atoms with Gasteiger partial charge in [0.05, 0.1) is 0 Å². The molecule has 0 aliphatic carbocycles. The summed E-state index contributed by atoms with van der Waals surface area (Å²) in [4.78, 5) is 24.1. The Morgan fingerprint density at radius 1 is 0.238 bits per heavy atom. The molecule has 0 unspecified atom stereocenters. The zero-order valence-electron chi connectivity index (χ0n) is 41.0. The van der Waals surface area contributed by atoms with Crippen LogP contribution in [0.3, 0.4) is 0 Å². The van der Waals surface area contributed by atoms with Crippen molar-refractivity contribution >= 4 is 0 Å². The van der Waals surface area contributed by atoms with Crippen molar-refractivity contribution in [2.75, 3.05) is 0 Å². The maximum absolute atomic E-state index is 4.18. The molecule has 0 spiro atoms. The van der Waals surface area contributed by atoms with Crippen LogP contribution >= 0.6 is 0 Å². The molecule has 6 heteroatoms. The molecule has 63 heavy (non-hydrogen) atoms. The van der Waals surface area contributed by atoms with Crippen molar-refractivity contribution < 1.29 is 0 Å². The molecule has 0 bridgehead atoms. The zero-order chi connectivity index (χ0) is 46.8. The quantitative estimate of drug-likeness (QED) is 0.159. The van der Waals surface area contributed by atoms with E-state index in [0.29, 0.717) is 41.4 Å². The second kappa shape index (κ2) is 33.7. The minimum absolute atomic E-state index is 0.547. The fourth-order valence-corrected chi connectivity index (χ4v) is 5.20. The van der Waals surface area contributed by atoms with Gasteiger partial charge in [-0.25, -0.2) is 0 Å². The number of rotatable bonds is 7. The molecule has 0 saturated carbocycles. The summed E-state index contributed by atoms with van der Waals surface area (Å²) in [6.45, 7) is 30.4. The maximum atomic E-state index is 4.18. The van der Waals surface area contributed by atoms with Gasteiger partial charge in [-0.2, -0.15) is 0 Å². The molecule has 0 saturated heterocycles. The molecule has 0 atom stereocenters. The third-order valence-corrected chi connectivity index (χ3v) is 9.54. The summed E-state index contributed by atoms with van der Waals surface area (Å²) in [6.07, 6.45) is 20.3. The highest BCUT2D eigenvalue weighted by Gasteiger charge is 1.98. The number of hydrogen-bond donors (Lipinski definition) is 0. The molecule has 7 aromatic rings. The molecular weight excluding hydrogens is 769 g/mol. The summed E-state index contributed by atoms with van der Waals surface area (Å²) in [5, 5.41) is 0. The van der Waals surface area contributed by atoms with E-state index in [1.165, 1.54) is 33.4 Å². The predicted octanol–water partition coefficient (Wildman–Crippen LogP) is 16.0. The third-order valence-electron chi connectivity index (χ3n) is 9.54. The van der Waals surface area contributed by atoms with Crippen molar-refractivity contribution in [1.29, 1.82) is 0 Å². The molecular formula is C57H78N6. The van der Waals surface area contributed by atoms with Gasteiger partial charge in [-0.05, 0) is 129 Å². The lowest BCUT2D eigenvalue weighted by atomic mass is 10.0. The summed E-state index contributed by atoms with van der Waals surface area (Å²) in [5.41, 5.74) is 9.19. The molecule has 336 valence electrons. The first-order valence-corrected chi connectivity index (χ1v) is 22.6. The molecule has 0 amide bonds. The number of hydrogen-bond acceptors (Lipinski definition) is 6. The van der Waals surface area contributed by atoms with Crippen LogP contribution in [0.4, 0.5) is 0 Å². The van der Waals surface area contributed by atoms with E-state index in [0.717, 1.165) is 5.69 Å². The predicted molar refractivity (Wildman–Crippen MR) is 270 cm³/mol. The van der Waals surface area contributed by atoms with E-state index in [-0.39, 0.29) is 0 Å². The van der Waals surface area contributed by atoms with Crippen molar-refractivity contribution in [2.45, 2.75) is 138 Å². The summed E-state index contributed by atoms with van der Waals surface area (Å²) in [7, 11) is 0. The average molecular weight is 847 g/mol. The fourth-order valence-electron chi connectivity index (χ4n) is 5.20. The normalized spacial score (nSPS) is 10.1. The van der Waals surface area contributed by atoms with Crippen molar-refractivity contribution in [1.82, 2.24) is 29.9 Å². The zero-order valence-corrected chi connectivity index (χ0v) is 41.0. The van der Waals surface area contributed by atoms with Gasteiger partial charge in [-0.15, -0.1) is 0 Å². The van der Waals surface area contributed by atoms with E-state index in [1.807, 2.05) is 116 Å². The number of benzene rings is 1. The van der Waals surface area contributed by atoms with Crippen LogP contribution in [0.15, 0.2) is 177 Å². The van der Waals surface area contributed by atoms with E-state index in [1.54, 1.807) is 18.6 Å². The molecule has 1 aromatic carbocycles. The largest absolute Gasteiger partial charge is 0.265 e. The van der Waals surface area contributed by atoms with Crippen LogP contribution < -0.4 is 0 Å². The van der Waals surface area contributed by atoms with E-state index < -0.39 is 0 Å². The standard InChI is InChI=1S/C9H12.6C8H11N/c1-8(2)9-6-4-3-5-7-9;2*1-7(2)8-3-5-9-6-4-8;3*1-7(2)8-4-3-5-9-6-8;1-7(2)8-5-3-4-6-9-8/h3-8H,1-2H3;6*3-7H,1-2H3. The third kappa shape index (κ3) is 26.9. The van der Waals surface area contributed by atoms with Crippen molar-refractivity contribution in [3.05, 3.63) is 216 Å². The Kier molecular flexibility index (Phi) is 29.5. The van der Waals surface area contributed by atoms with Crippen molar-refractivity contribution in [3.8, 4) is 0 Å². The van der Waals surface area contributed by atoms with Gasteiger partial charge in [0.25, 0.3) is 0 Å². The smallest absolute Gasteiger partial charge is 0.0428 e. The minimum atomic E-state index is 0.547. The van der Waals surface area contributed by atoms with Gasteiger partial charge < -0.3 is 0 Å². The van der Waals surface area contributed by atoms with E-state index in [4.69, 9.17) is 0 Å². The van der Waals surface area contributed by atoms with Crippen LogP contribution in [0.5, 0.6) is 0 Å². The van der Waals surface area contributed by atoms with Gasteiger partial charge >= 0.3 is 0 Å². The lowest BCUT2D eigenvalue weighted by Crippen LogP contribution is -1.88. The van der Waals surface area contributed by atoms with Gasteiger partial charge in [0.15, 0.2) is 0 Å². The summed E-state index contributed by atoms with van der Waals surface area (Å²) >= 11 is 0. The molecule has 6 heterocycles. The van der Waals surface area contributed by atoms with Gasteiger partial charge in [-0.3, -0.25) is 29.9 Å². The Morgan fingerprint density at radius 3 is 0.730 bits per heavy atom. The first kappa shape index (κ1) is 55.1. The van der Waals surface area contributed by atoms with Crippen LogP contribution in [-0.4, -0.2) is 29.9 Å². The van der Waals surface area contributed by atoms with Gasteiger partial charge in [0.1, 0.15) is 0 Å². The van der Waals surface area contributed by atoms with E-state index >= 15 is 0 Å². The van der Waals surface area contributed by atoms with Gasteiger partial charge in [0, 0.05) is 73.9 Å². The van der Waals surface area contributed by atoms with Crippen molar-refractivity contribution in [3.63, 3.8) is 0 Å². The van der Waals surface area contributed by atoms with Gasteiger partial charge in [0.2, 0.25) is 0 Å². The van der Waals surface area contributed by atoms with E-state index in [2.05, 4.69) is 169 Å². The first-order valence-electron chi connectivity index (χ1n) is 22.6. The second-order valence-electron chi connectivity index (χ2n) is 17.2. The molecule has 7 rings (SSSR count). The Morgan fingerprint density at radius 2 is 0.540 bits per heavy atom. The number of pyridine rings is 6. The molecule has 0 aliphatic rings. The lowest BCUT2D eigenvalue weighted by molar-refractivity contribution is 0.823. The molecule has 0 aliphatic heterocycles. The Balaban J connectivity index is 0.000000367. The fraction of sp³-hybridized carbons (Fsp3) is 0.368. The molecule has 0 fully saturated rings. The van der Waals surface area contributed by atoms with E-state index in [9.17, 15) is 0 Å². The highest BCUT2D eigenvalue weighted by Crippen LogP contribution is 2.14. The van der Waals surface area contributed by atoms with Crippen LogP contribution in [0, 0.1) is 0 Å². The summed E-state index contributed by atoms with van der Waals surface area (Å²) < 4.78 is 0. The Labute approximate surface area is 383 Å². The molecule has 6 nitrogen and oxygen atoms in total. The van der Waals surface area contributed by atoms with Crippen LogP contribution in [0.2, 0.25) is 0 Å². The molecule has 0 N–H and O–H groups in total. The Hall–Kier alpha value is -5.88. The van der Waals surface area contributed by atoms with Gasteiger partial charge in [-0.1, -0.05) is 152 Å². The van der Waals surface area contributed by atoms with Crippen LogP contribution in [0.1, 0.15) is 177 Å². The van der Waals surface area contributed by atoms with Crippen molar-refractivity contribution in [2.24, 2.45) is 0 Å². The summed E-state index contributed by atoms with van der Waals surface area (Å²) in [5.74, 6) is 4.23. The molecule has 6 aromatic heterocycles. The number of nitrogens with zero attached hydrogens (tertiary/aromatic N) is 6. The van der Waals surface area contributed by atoms with Crippen LogP contribution in [0.25, 0.3) is 0 Å². The maximum Gasteiger partial charge on any atom is 0.0428 e. The molecule has 0 radical (unpaired) electrons. The summed E-state index contributed by atoms with van der Waals surface area (Å²) in [6, 6.07) is 36.9. The number of aromatic nitrogens is 6. The topological polar surface area (TPSA) is 77.3 Å². The average Bonchev–Trinajstić information content (AvgIpc) is 3.32. The SMILES string of the molecule is CC(C)c1ccccc1.CC(C)c1ccccn1.CC(C)c1cccnc1.CC(C)c1cccnc1.CC(C)c1cccnc1.CC(C)c1ccncc1.CC(C)c1ccncc1. The Bertz CT molecular complexity index is 1590. The monoisotopic (exact) mass is 847 g/mol. The highest BCUT2D eigenvalue weighted by molar-refractivity contribution is 5.18. The van der Waals surface area contributed by atoms with Crippen LogP contribution in [-0.2, 0) is 0 Å². The second-order valence-corrected chi connectivity index (χ2v) is 17.2. The highest BCUT2D eigenvalue weighted by atomic mass is 14.7.